The van der Waals surface area contributed by atoms with Crippen molar-refractivity contribution in [3.63, 3.8) is 0 Å². The fourth-order valence-corrected chi connectivity index (χ4v) is 8.85. The Morgan fingerprint density at radius 2 is 0.869 bits per heavy atom. The Bertz CT molecular complexity index is 1060. The molecule has 1 fully saturated rings. The van der Waals surface area contributed by atoms with Gasteiger partial charge in [-0.15, -0.1) is 0 Å². The molecular weight excluding hydrogens is 799 g/mol. The van der Waals surface area contributed by atoms with E-state index in [1.165, 1.54) is 161 Å². The van der Waals surface area contributed by atoms with Crippen molar-refractivity contribution < 1.29 is 58.3 Å². The molecule has 61 heavy (non-hydrogen) atoms. The minimum absolute atomic E-state index is 0.0717. The molecule has 0 spiro atoms. The summed E-state index contributed by atoms with van der Waals surface area (Å²) in [6, 6.07) is 0. The van der Waals surface area contributed by atoms with Crippen molar-refractivity contribution in [1.82, 2.24) is 0 Å². The quantitative estimate of drug-likeness (QED) is 0.0147. The summed E-state index contributed by atoms with van der Waals surface area (Å²) in [7, 11) is -5.01. The zero-order chi connectivity index (χ0) is 44.8. The van der Waals surface area contributed by atoms with Crippen LogP contribution < -0.4 is 0 Å². The van der Waals surface area contributed by atoms with Gasteiger partial charge in [0.2, 0.25) is 0 Å². The van der Waals surface area contributed by atoms with E-state index < -0.39 is 63.1 Å². The highest BCUT2D eigenvalue weighted by Gasteiger charge is 2.51. The number of rotatable bonds is 43. The normalized spacial score (nSPS) is 22.2. The van der Waals surface area contributed by atoms with Crippen LogP contribution in [0.5, 0.6) is 0 Å². The van der Waals surface area contributed by atoms with Gasteiger partial charge in [-0.2, -0.15) is 0 Å². The Hall–Kier alpha value is -0.920. The van der Waals surface area contributed by atoms with Gasteiger partial charge in [-0.1, -0.05) is 193 Å². The Balaban J connectivity index is 2.33. The van der Waals surface area contributed by atoms with Crippen LogP contribution in [0.2, 0.25) is 0 Å². The van der Waals surface area contributed by atoms with Gasteiger partial charge >= 0.3 is 13.8 Å². The van der Waals surface area contributed by atoms with Crippen LogP contribution in [0.3, 0.4) is 0 Å². The summed E-state index contributed by atoms with van der Waals surface area (Å²) in [6.45, 7) is 4.28. The van der Waals surface area contributed by atoms with Crippen molar-refractivity contribution in [1.29, 1.82) is 0 Å². The molecular formula is C48H93O12P. The molecule has 6 N–H and O–H groups in total. The Labute approximate surface area is 371 Å². The van der Waals surface area contributed by atoms with Crippen molar-refractivity contribution in [3.8, 4) is 0 Å². The number of carbonyl (C=O) groups is 1. The molecule has 362 valence electrons. The molecule has 0 aromatic heterocycles. The summed E-state index contributed by atoms with van der Waals surface area (Å²) in [4.78, 5) is 23.2. The van der Waals surface area contributed by atoms with Crippen molar-refractivity contribution in [2.45, 2.75) is 268 Å². The molecule has 0 saturated heterocycles. The molecule has 12 nitrogen and oxygen atoms in total. The highest BCUT2D eigenvalue weighted by molar-refractivity contribution is 7.47. The maximum absolute atomic E-state index is 12.8. The fraction of sp³-hybridized carbons (Fsp3) is 0.938. The second-order valence-corrected chi connectivity index (χ2v) is 19.1. The zero-order valence-electron chi connectivity index (χ0n) is 38.7. The Kier molecular flexibility index (Phi) is 37.6. The van der Waals surface area contributed by atoms with E-state index in [1.807, 2.05) is 0 Å². The van der Waals surface area contributed by atoms with Gasteiger partial charge in [0.25, 0.3) is 0 Å². The van der Waals surface area contributed by atoms with E-state index in [9.17, 15) is 39.8 Å². The third-order valence-electron chi connectivity index (χ3n) is 11.9. The van der Waals surface area contributed by atoms with Crippen LogP contribution in [0.4, 0.5) is 0 Å². The average Bonchev–Trinajstić information content (AvgIpc) is 3.24. The first-order valence-electron chi connectivity index (χ1n) is 25.0. The summed E-state index contributed by atoms with van der Waals surface area (Å²) in [5, 5.41) is 50.2. The first-order chi connectivity index (χ1) is 29.5. The van der Waals surface area contributed by atoms with Crippen molar-refractivity contribution in [2.75, 3.05) is 19.8 Å². The van der Waals surface area contributed by atoms with Crippen LogP contribution in [0.25, 0.3) is 0 Å². The molecule has 1 aliphatic rings. The van der Waals surface area contributed by atoms with E-state index in [-0.39, 0.29) is 13.0 Å². The van der Waals surface area contributed by atoms with Crippen molar-refractivity contribution >= 4 is 13.8 Å². The maximum Gasteiger partial charge on any atom is 0.472 e. The number of unbranched alkanes of at least 4 members (excludes halogenated alkanes) is 29. The minimum Gasteiger partial charge on any atom is -0.457 e. The van der Waals surface area contributed by atoms with E-state index in [4.69, 9.17) is 18.5 Å². The first kappa shape index (κ1) is 58.1. The Morgan fingerprint density at radius 3 is 1.30 bits per heavy atom. The van der Waals surface area contributed by atoms with E-state index in [2.05, 4.69) is 26.0 Å². The second kappa shape index (κ2) is 39.4. The van der Waals surface area contributed by atoms with E-state index in [0.717, 1.165) is 38.5 Å². The molecule has 1 saturated carbocycles. The van der Waals surface area contributed by atoms with Gasteiger partial charge in [0.15, 0.2) is 0 Å². The highest BCUT2D eigenvalue weighted by Crippen LogP contribution is 2.47. The van der Waals surface area contributed by atoms with Crippen molar-refractivity contribution in [3.05, 3.63) is 12.2 Å². The van der Waals surface area contributed by atoms with Gasteiger partial charge in [0.1, 0.15) is 42.7 Å². The summed E-state index contributed by atoms with van der Waals surface area (Å²) in [5.41, 5.74) is 0. The standard InChI is InChI=1S/C48H93O12P/c1-3-5-7-9-11-13-15-17-19-20-21-22-23-24-26-28-30-32-34-36-38-57-39-41(40-58-61(55,56)60-48-46(53)44(51)43(50)45(52)47(48)54)59-42(49)37-35-33-31-29-27-25-18-16-14-12-10-8-6-4-2/h17,19,41,43-48,50-54H,3-16,18,20-40H2,1-2H3,(H,55,56)/b19-17-. The predicted molar refractivity (Wildman–Crippen MR) is 244 cm³/mol. The SMILES string of the molecule is CCCCCCCC/C=C\CCCCCCCCCCCCOCC(COP(=O)(O)OC1C(O)C(O)C(O)C(O)C1O)OC(=O)CCCCCCCCCCCCCCCC. The minimum atomic E-state index is -5.01. The molecule has 0 aromatic carbocycles. The second-order valence-electron chi connectivity index (χ2n) is 17.7. The monoisotopic (exact) mass is 893 g/mol. The number of carbonyl (C=O) groups excluding carboxylic acids is 1. The molecule has 0 amide bonds. The number of hydrogen-bond acceptors (Lipinski definition) is 11. The molecule has 0 aliphatic heterocycles. The molecule has 6 atom stereocenters. The number of aliphatic hydroxyl groups excluding tert-OH is 5. The third kappa shape index (κ3) is 31.6. The average molecular weight is 893 g/mol. The van der Waals surface area contributed by atoms with Crippen LogP contribution in [-0.4, -0.2) is 98.9 Å². The number of aliphatic hydroxyl groups is 5. The van der Waals surface area contributed by atoms with E-state index in [0.29, 0.717) is 13.0 Å². The predicted octanol–water partition coefficient (Wildman–Crippen LogP) is 10.7. The lowest BCUT2D eigenvalue weighted by atomic mass is 9.85. The van der Waals surface area contributed by atoms with Crippen LogP contribution in [0.1, 0.15) is 226 Å². The lowest BCUT2D eigenvalue weighted by Gasteiger charge is -2.41. The van der Waals surface area contributed by atoms with Crippen LogP contribution in [0.15, 0.2) is 12.2 Å². The lowest BCUT2D eigenvalue weighted by molar-refractivity contribution is -0.220. The number of allylic oxidation sites excluding steroid dienone is 2. The smallest absolute Gasteiger partial charge is 0.457 e. The Morgan fingerprint density at radius 1 is 0.508 bits per heavy atom. The number of phosphoric acid groups is 1. The van der Waals surface area contributed by atoms with Gasteiger partial charge in [0, 0.05) is 13.0 Å². The van der Waals surface area contributed by atoms with Gasteiger partial charge < -0.3 is 39.9 Å². The molecule has 0 aromatic rings. The van der Waals surface area contributed by atoms with E-state index >= 15 is 0 Å². The molecule has 0 radical (unpaired) electrons. The van der Waals surface area contributed by atoms with Gasteiger partial charge in [-0.25, -0.2) is 4.57 Å². The lowest BCUT2D eigenvalue weighted by Crippen LogP contribution is -2.64. The largest absolute Gasteiger partial charge is 0.472 e. The number of esters is 1. The summed E-state index contributed by atoms with van der Waals surface area (Å²) >= 11 is 0. The maximum atomic E-state index is 12.8. The summed E-state index contributed by atoms with van der Waals surface area (Å²) in [5.74, 6) is -0.473. The van der Waals surface area contributed by atoms with Crippen LogP contribution in [-0.2, 0) is 27.9 Å². The van der Waals surface area contributed by atoms with Crippen LogP contribution >= 0.6 is 7.82 Å². The highest BCUT2D eigenvalue weighted by atomic mass is 31.2. The number of hydrogen-bond donors (Lipinski definition) is 6. The zero-order valence-corrected chi connectivity index (χ0v) is 39.6. The van der Waals surface area contributed by atoms with E-state index in [1.54, 1.807) is 0 Å². The molecule has 0 bridgehead atoms. The number of ether oxygens (including phenoxy) is 2. The van der Waals surface area contributed by atoms with Gasteiger partial charge in [0.05, 0.1) is 13.2 Å². The molecule has 6 unspecified atom stereocenters. The third-order valence-corrected chi connectivity index (χ3v) is 12.9. The van der Waals surface area contributed by atoms with Gasteiger partial charge in [-0.3, -0.25) is 13.8 Å². The first-order valence-corrected chi connectivity index (χ1v) is 26.5. The summed E-state index contributed by atoms with van der Waals surface area (Å²) < 4.78 is 34.3. The van der Waals surface area contributed by atoms with Crippen molar-refractivity contribution in [2.24, 2.45) is 0 Å². The molecule has 0 heterocycles. The molecule has 13 heteroatoms. The topological polar surface area (TPSA) is 192 Å². The number of phosphoric ester groups is 1. The molecule has 1 aliphatic carbocycles. The molecule has 1 rings (SSSR count). The van der Waals surface area contributed by atoms with Crippen LogP contribution in [0, 0.1) is 0 Å². The van der Waals surface area contributed by atoms with Gasteiger partial charge in [-0.05, 0) is 38.5 Å². The summed E-state index contributed by atoms with van der Waals surface area (Å²) in [6.07, 6.45) is 31.3. The fourth-order valence-electron chi connectivity index (χ4n) is 7.88.